The fourth-order valence-corrected chi connectivity index (χ4v) is 4.74. The quantitative estimate of drug-likeness (QED) is 0.665. The van der Waals surface area contributed by atoms with Crippen LogP contribution in [-0.2, 0) is 11.3 Å². The van der Waals surface area contributed by atoms with Crippen LogP contribution in [0.1, 0.15) is 45.6 Å². The summed E-state index contributed by atoms with van der Waals surface area (Å²) in [5, 5.41) is 3.67. The number of hydrogen-bond donors (Lipinski definition) is 2. The molecule has 1 aliphatic heterocycles. The summed E-state index contributed by atoms with van der Waals surface area (Å²) < 4.78 is 0. The van der Waals surface area contributed by atoms with Gasteiger partial charge in [-0.3, -0.25) is 14.5 Å². The summed E-state index contributed by atoms with van der Waals surface area (Å²) in [5.41, 5.74) is 9.95. The Hall–Kier alpha value is -2.38. The molecule has 160 valence electrons. The van der Waals surface area contributed by atoms with E-state index in [1.54, 1.807) is 0 Å². The standard InChI is InChI=1S/C23H30N4O2S/c1-15-16(2)21(22(24)29)23(25-17(15)3)30-14-20(28)26-19-9-11-27(12-10-19)13-18-7-5-4-6-8-18/h4-8,19H,9-14H2,1-3H3,(H2,24,29)(H,26,28). The molecule has 3 N–H and O–H groups in total. The minimum Gasteiger partial charge on any atom is -0.366 e. The van der Waals surface area contributed by atoms with Crippen LogP contribution in [0.15, 0.2) is 35.4 Å². The van der Waals surface area contributed by atoms with Gasteiger partial charge in [-0.05, 0) is 50.3 Å². The summed E-state index contributed by atoms with van der Waals surface area (Å²) in [6.07, 6.45) is 1.88. The molecule has 7 heteroatoms. The van der Waals surface area contributed by atoms with E-state index in [-0.39, 0.29) is 17.7 Å². The van der Waals surface area contributed by atoms with Gasteiger partial charge in [-0.1, -0.05) is 42.1 Å². The van der Waals surface area contributed by atoms with Gasteiger partial charge in [-0.2, -0.15) is 0 Å². The molecule has 0 spiro atoms. The highest BCUT2D eigenvalue weighted by molar-refractivity contribution is 8.00. The van der Waals surface area contributed by atoms with Gasteiger partial charge in [0.05, 0.1) is 11.3 Å². The molecule has 0 atom stereocenters. The van der Waals surface area contributed by atoms with Crippen molar-refractivity contribution in [3.05, 3.63) is 58.3 Å². The van der Waals surface area contributed by atoms with Crippen LogP contribution in [0.4, 0.5) is 0 Å². The number of amides is 2. The Kier molecular flexibility index (Phi) is 7.50. The van der Waals surface area contributed by atoms with Gasteiger partial charge in [-0.15, -0.1) is 0 Å². The second-order valence-electron chi connectivity index (χ2n) is 7.88. The number of hydrogen-bond acceptors (Lipinski definition) is 5. The minimum absolute atomic E-state index is 0.0328. The van der Waals surface area contributed by atoms with Crippen molar-refractivity contribution in [3.63, 3.8) is 0 Å². The number of benzene rings is 1. The average molecular weight is 427 g/mol. The van der Waals surface area contributed by atoms with E-state index in [4.69, 9.17) is 5.73 Å². The molecule has 0 radical (unpaired) electrons. The molecule has 0 bridgehead atoms. The Labute approximate surface area is 182 Å². The maximum atomic E-state index is 12.5. The number of nitrogens with zero attached hydrogens (tertiary/aromatic N) is 2. The molecule has 1 fully saturated rings. The topological polar surface area (TPSA) is 88.3 Å². The van der Waals surface area contributed by atoms with Gasteiger partial charge >= 0.3 is 0 Å². The number of aryl methyl sites for hydroxylation is 1. The minimum atomic E-state index is -0.503. The number of thioether (sulfide) groups is 1. The van der Waals surface area contributed by atoms with Crippen LogP contribution in [0.2, 0.25) is 0 Å². The summed E-state index contributed by atoms with van der Waals surface area (Å²) in [4.78, 5) is 31.3. The Bertz CT molecular complexity index is 909. The number of carbonyl (C=O) groups excluding carboxylic acids is 2. The molecule has 1 aromatic heterocycles. The lowest BCUT2D eigenvalue weighted by Crippen LogP contribution is -2.44. The van der Waals surface area contributed by atoms with E-state index in [9.17, 15) is 9.59 Å². The van der Waals surface area contributed by atoms with E-state index in [1.807, 2.05) is 26.8 Å². The first-order valence-corrected chi connectivity index (χ1v) is 11.3. The molecule has 1 aliphatic rings. The highest BCUT2D eigenvalue weighted by Crippen LogP contribution is 2.26. The predicted octanol–water partition coefficient (Wildman–Crippen LogP) is 2.98. The summed E-state index contributed by atoms with van der Waals surface area (Å²) in [5.74, 6) is -0.314. The number of primary amides is 1. The van der Waals surface area contributed by atoms with Gasteiger partial charge in [0.25, 0.3) is 5.91 Å². The summed E-state index contributed by atoms with van der Waals surface area (Å²) in [6, 6.07) is 10.6. The number of nitrogens with two attached hydrogens (primary N) is 1. The number of rotatable bonds is 7. The van der Waals surface area contributed by atoms with E-state index < -0.39 is 5.91 Å². The van der Waals surface area contributed by atoms with E-state index in [0.717, 1.165) is 49.3 Å². The van der Waals surface area contributed by atoms with Crippen molar-refractivity contribution in [2.45, 2.75) is 51.2 Å². The molecule has 1 aromatic carbocycles. The average Bonchev–Trinajstić information content (AvgIpc) is 2.72. The zero-order valence-electron chi connectivity index (χ0n) is 17.9. The molecule has 3 rings (SSSR count). The maximum absolute atomic E-state index is 12.5. The van der Waals surface area contributed by atoms with E-state index in [1.165, 1.54) is 17.3 Å². The van der Waals surface area contributed by atoms with Gasteiger partial charge in [0.2, 0.25) is 5.91 Å². The first-order chi connectivity index (χ1) is 14.3. The summed E-state index contributed by atoms with van der Waals surface area (Å²) in [7, 11) is 0. The number of nitrogens with one attached hydrogen (secondary N) is 1. The SMILES string of the molecule is Cc1nc(SCC(=O)NC2CCN(Cc3ccccc3)CC2)c(C(N)=O)c(C)c1C. The number of likely N-dealkylation sites (tertiary alicyclic amines) is 1. The zero-order valence-corrected chi connectivity index (χ0v) is 18.7. The second kappa shape index (κ2) is 10.1. The lowest BCUT2D eigenvalue weighted by Gasteiger charge is -2.32. The molecule has 0 saturated carbocycles. The Morgan fingerprint density at radius 2 is 1.80 bits per heavy atom. The fourth-order valence-electron chi connectivity index (χ4n) is 3.79. The first kappa shape index (κ1) is 22.3. The normalized spacial score (nSPS) is 15.2. The van der Waals surface area contributed by atoms with Crippen molar-refractivity contribution in [2.24, 2.45) is 5.73 Å². The van der Waals surface area contributed by atoms with E-state index >= 15 is 0 Å². The molecular formula is C23H30N4O2S. The number of pyridine rings is 1. The zero-order chi connectivity index (χ0) is 21.7. The molecule has 1 saturated heterocycles. The third-order valence-corrected chi connectivity index (χ3v) is 6.73. The van der Waals surface area contributed by atoms with Crippen molar-refractivity contribution in [3.8, 4) is 0 Å². The highest BCUT2D eigenvalue weighted by Gasteiger charge is 2.22. The molecule has 2 aromatic rings. The van der Waals surface area contributed by atoms with Gasteiger partial charge in [-0.25, -0.2) is 4.98 Å². The predicted molar refractivity (Wildman–Crippen MR) is 121 cm³/mol. The second-order valence-corrected chi connectivity index (χ2v) is 8.85. The molecule has 2 heterocycles. The molecular weight excluding hydrogens is 396 g/mol. The van der Waals surface area contributed by atoms with Crippen molar-refractivity contribution in [2.75, 3.05) is 18.8 Å². The number of piperidine rings is 1. The van der Waals surface area contributed by atoms with Crippen LogP contribution in [0.5, 0.6) is 0 Å². The van der Waals surface area contributed by atoms with Crippen LogP contribution in [0.25, 0.3) is 0 Å². The van der Waals surface area contributed by atoms with Crippen LogP contribution in [0, 0.1) is 20.8 Å². The van der Waals surface area contributed by atoms with Crippen molar-refractivity contribution in [1.82, 2.24) is 15.2 Å². The lowest BCUT2D eigenvalue weighted by atomic mass is 10.0. The first-order valence-electron chi connectivity index (χ1n) is 10.3. The molecule has 6 nitrogen and oxygen atoms in total. The van der Waals surface area contributed by atoms with Crippen molar-refractivity contribution >= 4 is 23.6 Å². The number of carbonyl (C=O) groups is 2. The maximum Gasteiger partial charge on any atom is 0.251 e. The van der Waals surface area contributed by atoms with Gasteiger partial charge in [0.1, 0.15) is 5.03 Å². The van der Waals surface area contributed by atoms with Crippen LogP contribution in [-0.4, -0.2) is 46.6 Å². The smallest absolute Gasteiger partial charge is 0.251 e. The van der Waals surface area contributed by atoms with Crippen LogP contribution >= 0.6 is 11.8 Å². The lowest BCUT2D eigenvalue weighted by molar-refractivity contribution is -0.119. The third-order valence-electron chi connectivity index (χ3n) is 5.75. The summed E-state index contributed by atoms with van der Waals surface area (Å²) in [6.45, 7) is 8.59. The molecule has 2 amide bonds. The monoisotopic (exact) mass is 426 g/mol. The summed E-state index contributed by atoms with van der Waals surface area (Å²) >= 11 is 1.28. The molecule has 0 unspecified atom stereocenters. The van der Waals surface area contributed by atoms with Crippen molar-refractivity contribution in [1.29, 1.82) is 0 Å². The van der Waals surface area contributed by atoms with E-state index in [0.29, 0.717) is 10.6 Å². The fraction of sp³-hybridized carbons (Fsp3) is 0.435. The van der Waals surface area contributed by atoms with Crippen LogP contribution < -0.4 is 11.1 Å². The largest absolute Gasteiger partial charge is 0.366 e. The van der Waals surface area contributed by atoms with Gasteiger partial charge < -0.3 is 11.1 Å². The Balaban J connectivity index is 1.50. The Morgan fingerprint density at radius 3 is 2.43 bits per heavy atom. The van der Waals surface area contributed by atoms with Crippen LogP contribution in [0.3, 0.4) is 0 Å². The van der Waals surface area contributed by atoms with Crippen molar-refractivity contribution < 1.29 is 9.59 Å². The molecule has 30 heavy (non-hydrogen) atoms. The highest BCUT2D eigenvalue weighted by atomic mass is 32.2. The van der Waals surface area contributed by atoms with Gasteiger partial charge in [0.15, 0.2) is 0 Å². The van der Waals surface area contributed by atoms with E-state index in [2.05, 4.69) is 39.5 Å². The number of aromatic nitrogens is 1. The third kappa shape index (κ3) is 5.61. The molecule has 0 aliphatic carbocycles. The van der Waals surface area contributed by atoms with Gasteiger partial charge in [0, 0.05) is 31.4 Å². The Morgan fingerprint density at radius 1 is 1.13 bits per heavy atom.